The molecule has 20 heavy (non-hydrogen) atoms. The second-order valence-corrected chi connectivity index (χ2v) is 6.22. The molecule has 0 atom stereocenters. The predicted octanol–water partition coefficient (Wildman–Crippen LogP) is 4.58. The van der Waals surface area contributed by atoms with E-state index >= 15 is 0 Å². The van der Waals surface area contributed by atoms with Crippen molar-refractivity contribution in [1.82, 2.24) is 15.1 Å². The molecule has 0 saturated heterocycles. The Morgan fingerprint density at radius 3 is 2.55 bits per heavy atom. The molecule has 1 aromatic heterocycles. The minimum absolute atomic E-state index is 0.436. The summed E-state index contributed by atoms with van der Waals surface area (Å²) in [7, 11) is 0. The van der Waals surface area contributed by atoms with Crippen molar-refractivity contribution in [2.75, 3.05) is 6.54 Å². The number of nitrogens with zero attached hydrogens (tertiary/aromatic N) is 2. The van der Waals surface area contributed by atoms with E-state index in [1.165, 1.54) is 0 Å². The van der Waals surface area contributed by atoms with Crippen LogP contribution in [0, 0.1) is 5.92 Å². The summed E-state index contributed by atoms with van der Waals surface area (Å²) in [5.41, 5.74) is 1.67. The van der Waals surface area contributed by atoms with E-state index < -0.39 is 0 Å². The summed E-state index contributed by atoms with van der Waals surface area (Å²) in [5.74, 6) is 0.613. The number of hydrogen-bond acceptors (Lipinski definition) is 2. The summed E-state index contributed by atoms with van der Waals surface area (Å²) in [4.78, 5) is 0. The topological polar surface area (TPSA) is 29.9 Å². The molecule has 108 valence electrons. The molecule has 0 aliphatic heterocycles. The molecule has 1 aromatic carbocycles. The predicted molar refractivity (Wildman–Crippen MR) is 85.1 cm³/mol. The van der Waals surface area contributed by atoms with Gasteiger partial charge in [-0.25, -0.2) is 4.68 Å². The van der Waals surface area contributed by atoms with Gasteiger partial charge in [-0.2, -0.15) is 5.10 Å². The van der Waals surface area contributed by atoms with Crippen molar-refractivity contribution in [2.45, 2.75) is 20.4 Å². The molecule has 0 unspecified atom stereocenters. The van der Waals surface area contributed by atoms with Gasteiger partial charge in [-0.3, -0.25) is 0 Å². The molecule has 0 bridgehead atoms. The lowest BCUT2D eigenvalue weighted by atomic mass is 10.2. The van der Waals surface area contributed by atoms with Crippen molar-refractivity contribution in [2.24, 2.45) is 5.92 Å². The lowest BCUT2D eigenvalue weighted by Crippen LogP contribution is -2.19. The normalized spacial score (nSPS) is 11.3. The molecule has 0 fully saturated rings. The molecule has 0 spiro atoms. The average Bonchev–Trinajstić information content (AvgIpc) is 2.82. The van der Waals surface area contributed by atoms with E-state index in [2.05, 4.69) is 24.3 Å². The number of benzene rings is 1. The molecule has 1 N–H and O–H groups in total. The Hall–Kier alpha value is -0.740. The largest absolute Gasteiger partial charge is 0.311 e. The SMILES string of the molecule is CC(C)CNCc1ccn(-c2cc(Cl)c(Cl)cc2Cl)n1. The Morgan fingerprint density at radius 1 is 1.15 bits per heavy atom. The number of aromatic nitrogens is 2. The van der Waals surface area contributed by atoms with E-state index in [0.717, 1.165) is 24.5 Å². The van der Waals surface area contributed by atoms with Crippen molar-refractivity contribution in [3.05, 3.63) is 45.2 Å². The van der Waals surface area contributed by atoms with Gasteiger partial charge in [0, 0.05) is 12.7 Å². The second kappa shape index (κ2) is 6.81. The van der Waals surface area contributed by atoms with Gasteiger partial charge in [-0.15, -0.1) is 0 Å². The van der Waals surface area contributed by atoms with Gasteiger partial charge in [0.15, 0.2) is 0 Å². The van der Waals surface area contributed by atoms with Gasteiger partial charge in [0.25, 0.3) is 0 Å². The highest BCUT2D eigenvalue weighted by Gasteiger charge is 2.09. The van der Waals surface area contributed by atoms with Crippen LogP contribution in [0.1, 0.15) is 19.5 Å². The highest BCUT2D eigenvalue weighted by atomic mass is 35.5. The average molecular weight is 333 g/mol. The van der Waals surface area contributed by atoms with E-state index in [1.54, 1.807) is 16.8 Å². The first-order valence-electron chi connectivity index (χ1n) is 6.37. The number of halogens is 3. The highest BCUT2D eigenvalue weighted by molar-refractivity contribution is 6.43. The lowest BCUT2D eigenvalue weighted by molar-refractivity contribution is 0.546. The van der Waals surface area contributed by atoms with Crippen molar-refractivity contribution in [3.8, 4) is 5.69 Å². The second-order valence-electron chi connectivity index (χ2n) is 4.99. The highest BCUT2D eigenvalue weighted by Crippen LogP contribution is 2.30. The van der Waals surface area contributed by atoms with Gasteiger partial charge >= 0.3 is 0 Å². The molecule has 0 aliphatic carbocycles. The van der Waals surface area contributed by atoms with E-state index in [9.17, 15) is 0 Å². The zero-order valence-corrected chi connectivity index (χ0v) is 13.6. The first kappa shape index (κ1) is 15.6. The Kier molecular flexibility index (Phi) is 5.33. The van der Waals surface area contributed by atoms with Crippen LogP contribution >= 0.6 is 34.8 Å². The quantitative estimate of drug-likeness (QED) is 0.812. The molecule has 1 heterocycles. The van der Waals surface area contributed by atoms with E-state index in [4.69, 9.17) is 34.8 Å². The van der Waals surface area contributed by atoms with Crippen molar-refractivity contribution < 1.29 is 0 Å². The number of hydrogen-bond donors (Lipinski definition) is 1. The Morgan fingerprint density at radius 2 is 1.85 bits per heavy atom. The minimum Gasteiger partial charge on any atom is -0.311 e. The summed E-state index contributed by atoms with van der Waals surface area (Å²) >= 11 is 18.1. The molecule has 6 heteroatoms. The fourth-order valence-electron chi connectivity index (χ4n) is 1.77. The van der Waals surface area contributed by atoms with Gasteiger partial charge in [0.2, 0.25) is 0 Å². The third-order valence-corrected chi connectivity index (χ3v) is 3.76. The van der Waals surface area contributed by atoms with Crippen LogP contribution in [0.25, 0.3) is 5.69 Å². The minimum atomic E-state index is 0.436. The summed E-state index contributed by atoms with van der Waals surface area (Å²) in [6.45, 7) is 6.02. The number of nitrogens with one attached hydrogen (secondary N) is 1. The van der Waals surface area contributed by atoms with Crippen LogP contribution in [0.15, 0.2) is 24.4 Å². The van der Waals surface area contributed by atoms with Gasteiger partial charge in [0.05, 0.1) is 26.4 Å². The standard InChI is InChI=1S/C14H16Cl3N3/c1-9(2)7-18-8-10-3-4-20(19-10)14-6-12(16)11(15)5-13(14)17/h3-6,9,18H,7-8H2,1-2H3. The maximum Gasteiger partial charge on any atom is 0.0847 e. The monoisotopic (exact) mass is 331 g/mol. The smallest absolute Gasteiger partial charge is 0.0847 e. The first-order chi connectivity index (χ1) is 9.47. The van der Waals surface area contributed by atoms with Gasteiger partial charge < -0.3 is 5.32 Å². The summed E-state index contributed by atoms with van der Waals surface area (Å²) in [6, 6.07) is 5.29. The van der Waals surface area contributed by atoms with Crippen molar-refractivity contribution in [3.63, 3.8) is 0 Å². The first-order valence-corrected chi connectivity index (χ1v) is 7.51. The molecule has 2 rings (SSSR count). The fourth-order valence-corrected chi connectivity index (χ4v) is 2.39. The van der Waals surface area contributed by atoms with Crippen LogP contribution in [0.2, 0.25) is 15.1 Å². The summed E-state index contributed by atoms with van der Waals surface area (Å²) < 4.78 is 1.71. The van der Waals surface area contributed by atoms with Crippen molar-refractivity contribution >= 4 is 34.8 Å². The third kappa shape index (κ3) is 3.89. The lowest BCUT2D eigenvalue weighted by Gasteiger charge is -2.07. The molecular weight excluding hydrogens is 317 g/mol. The van der Waals surface area contributed by atoms with Crippen LogP contribution in [0.4, 0.5) is 0 Å². The molecule has 0 radical (unpaired) electrons. The van der Waals surface area contributed by atoms with Gasteiger partial charge in [-0.1, -0.05) is 48.7 Å². The zero-order chi connectivity index (χ0) is 14.7. The molecule has 3 nitrogen and oxygen atoms in total. The Balaban J connectivity index is 2.14. The van der Waals surface area contributed by atoms with E-state index in [-0.39, 0.29) is 0 Å². The van der Waals surface area contributed by atoms with Crippen LogP contribution in [-0.2, 0) is 6.54 Å². The third-order valence-electron chi connectivity index (χ3n) is 2.74. The molecule has 0 saturated carbocycles. The van der Waals surface area contributed by atoms with Crippen LogP contribution in [-0.4, -0.2) is 16.3 Å². The molecule has 0 aliphatic rings. The van der Waals surface area contributed by atoms with E-state index in [0.29, 0.717) is 21.0 Å². The van der Waals surface area contributed by atoms with Crippen LogP contribution in [0.5, 0.6) is 0 Å². The zero-order valence-electron chi connectivity index (χ0n) is 11.3. The molecular formula is C14H16Cl3N3. The molecule has 0 amide bonds. The van der Waals surface area contributed by atoms with Gasteiger partial charge in [0.1, 0.15) is 0 Å². The maximum atomic E-state index is 6.17. The van der Waals surface area contributed by atoms with Crippen LogP contribution in [0.3, 0.4) is 0 Å². The maximum absolute atomic E-state index is 6.17. The number of rotatable bonds is 5. The van der Waals surface area contributed by atoms with Gasteiger partial charge in [-0.05, 0) is 30.7 Å². The Bertz CT molecular complexity index is 593. The fraction of sp³-hybridized carbons (Fsp3) is 0.357. The van der Waals surface area contributed by atoms with E-state index in [1.807, 2.05) is 12.3 Å². The van der Waals surface area contributed by atoms with Crippen LogP contribution < -0.4 is 5.32 Å². The van der Waals surface area contributed by atoms with Crippen molar-refractivity contribution in [1.29, 1.82) is 0 Å². The summed E-state index contributed by atoms with van der Waals surface area (Å²) in [6.07, 6.45) is 1.86. The summed E-state index contributed by atoms with van der Waals surface area (Å²) in [5, 5.41) is 9.24. The molecule has 2 aromatic rings. The Labute approximate surface area is 133 Å².